The zero-order chi connectivity index (χ0) is 25.8. The number of aromatic nitrogens is 2. The maximum atomic E-state index is 13.6. The average Bonchev–Trinajstić information content (AvgIpc) is 3.11. The molecule has 0 saturated heterocycles. The van der Waals surface area contributed by atoms with Crippen LogP contribution < -0.4 is 9.47 Å². The van der Waals surface area contributed by atoms with Crippen LogP contribution in [-0.4, -0.2) is 50.9 Å². The van der Waals surface area contributed by atoms with E-state index in [0.29, 0.717) is 31.5 Å². The van der Waals surface area contributed by atoms with E-state index in [2.05, 4.69) is 9.72 Å². The number of hydrogen-bond acceptors (Lipinski definition) is 6. The Kier molecular flexibility index (Phi) is 8.42. The van der Waals surface area contributed by atoms with Gasteiger partial charge in [0.1, 0.15) is 17.2 Å². The number of hydrogen-bond donors (Lipinski definition) is 1. The third-order valence-electron chi connectivity index (χ3n) is 5.67. The van der Waals surface area contributed by atoms with Crippen molar-refractivity contribution in [2.45, 2.75) is 59.4 Å². The lowest BCUT2D eigenvalue weighted by atomic mass is 9.98. The van der Waals surface area contributed by atoms with E-state index in [0.717, 1.165) is 17.0 Å². The van der Waals surface area contributed by atoms with Crippen molar-refractivity contribution in [1.82, 2.24) is 14.5 Å². The minimum absolute atomic E-state index is 0.0530. The molecule has 2 amide bonds. The van der Waals surface area contributed by atoms with E-state index < -0.39 is 23.9 Å². The van der Waals surface area contributed by atoms with Crippen molar-refractivity contribution in [3.8, 4) is 17.5 Å². The Bertz CT molecular complexity index is 1050. The summed E-state index contributed by atoms with van der Waals surface area (Å²) < 4.78 is 49.3. The lowest BCUT2D eigenvalue weighted by Gasteiger charge is -2.27. The number of amides is 2. The molecule has 1 aromatic carbocycles. The van der Waals surface area contributed by atoms with Gasteiger partial charge in [-0.25, -0.2) is 0 Å². The smallest absolute Gasteiger partial charge is 0.425 e. The molecule has 2 heterocycles. The van der Waals surface area contributed by atoms with Crippen molar-refractivity contribution >= 4 is 11.8 Å². The number of imide groups is 1. The summed E-state index contributed by atoms with van der Waals surface area (Å²) in [6.07, 6.45) is -3.11. The molecule has 1 aliphatic heterocycles. The van der Waals surface area contributed by atoms with E-state index >= 15 is 0 Å². The van der Waals surface area contributed by atoms with E-state index in [4.69, 9.17) is 4.74 Å². The number of halogens is 3. The fraction of sp³-hybridized carbons (Fsp3) is 0.542. The van der Waals surface area contributed by atoms with Gasteiger partial charge in [-0.15, -0.1) is 13.2 Å². The number of benzene rings is 1. The molecule has 35 heavy (non-hydrogen) atoms. The van der Waals surface area contributed by atoms with Crippen LogP contribution in [0, 0.1) is 11.8 Å². The maximum Gasteiger partial charge on any atom is 0.573 e. The van der Waals surface area contributed by atoms with Gasteiger partial charge in [0.15, 0.2) is 0 Å². The number of aliphatic hydroxyl groups excluding tert-OH is 1. The molecule has 3 rings (SSSR count). The highest BCUT2D eigenvalue weighted by Crippen LogP contribution is 2.32. The molecular weight excluding hydrogens is 467 g/mol. The van der Waals surface area contributed by atoms with Crippen LogP contribution in [0.25, 0.3) is 0 Å². The maximum absolute atomic E-state index is 13.6. The Morgan fingerprint density at radius 2 is 1.91 bits per heavy atom. The SMILES string of the molecule is CC(C)CCn1c(Oc2cccc(OC(F)(F)F)c2)nc2c1C(=O)N(CCCO)C(=O)C(C)CC2. The van der Waals surface area contributed by atoms with Gasteiger partial charge in [-0.3, -0.25) is 19.1 Å². The molecule has 1 N–H and O–H groups in total. The first-order chi connectivity index (χ1) is 16.5. The monoisotopic (exact) mass is 497 g/mol. The van der Waals surface area contributed by atoms with E-state index in [1.165, 1.54) is 12.1 Å². The van der Waals surface area contributed by atoms with Crippen molar-refractivity contribution in [3.05, 3.63) is 35.7 Å². The molecule has 2 aromatic rings. The average molecular weight is 498 g/mol. The molecule has 192 valence electrons. The normalized spacial score (nSPS) is 16.8. The van der Waals surface area contributed by atoms with E-state index in [9.17, 15) is 27.9 Å². The lowest BCUT2D eigenvalue weighted by molar-refractivity contribution is -0.274. The Balaban J connectivity index is 2.03. The second-order valence-corrected chi connectivity index (χ2v) is 8.96. The summed E-state index contributed by atoms with van der Waals surface area (Å²) in [5.74, 6) is -1.35. The van der Waals surface area contributed by atoms with Crippen molar-refractivity contribution in [1.29, 1.82) is 0 Å². The standard InChI is InChI=1S/C24H30F3N3O5/c1-15(2)10-12-29-20-19(9-8-16(3)21(32)30(22(20)33)11-5-13-31)28-23(29)34-17-6-4-7-18(14-17)35-24(25,26)27/h4,6-7,14-16,31H,5,8-13H2,1-3H3. The fourth-order valence-corrected chi connectivity index (χ4v) is 3.82. The summed E-state index contributed by atoms with van der Waals surface area (Å²) in [6.45, 7) is 6.03. The van der Waals surface area contributed by atoms with Crippen molar-refractivity contribution in [2.24, 2.45) is 11.8 Å². The second kappa shape index (κ2) is 11.1. The summed E-state index contributed by atoms with van der Waals surface area (Å²) >= 11 is 0. The summed E-state index contributed by atoms with van der Waals surface area (Å²) in [5.41, 5.74) is 0.686. The number of alkyl halides is 3. The Morgan fingerprint density at radius 1 is 1.20 bits per heavy atom. The summed E-state index contributed by atoms with van der Waals surface area (Å²) in [6, 6.07) is 5.12. The van der Waals surface area contributed by atoms with Crippen LogP contribution in [0.15, 0.2) is 24.3 Å². The third-order valence-corrected chi connectivity index (χ3v) is 5.67. The van der Waals surface area contributed by atoms with Crippen LogP contribution in [0.1, 0.15) is 56.2 Å². The number of rotatable bonds is 9. The number of carbonyl (C=O) groups is 2. The van der Waals surface area contributed by atoms with Gasteiger partial charge in [0.25, 0.3) is 5.91 Å². The quantitative estimate of drug-likeness (QED) is 0.511. The zero-order valence-electron chi connectivity index (χ0n) is 20.0. The highest BCUT2D eigenvalue weighted by atomic mass is 19.4. The summed E-state index contributed by atoms with van der Waals surface area (Å²) in [5, 5.41) is 9.25. The molecule has 1 aliphatic rings. The van der Waals surface area contributed by atoms with Gasteiger partial charge in [-0.05, 0) is 43.7 Å². The largest absolute Gasteiger partial charge is 0.573 e. The van der Waals surface area contributed by atoms with Crippen LogP contribution in [0.4, 0.5) is 13.2 Å². The zero-order valence-corrected chi connectivity index (χ0v) is 20.0. The van der Waals surface area contributed by atoms with Gasteiger partial charge < -0.3 is 14.6 Å². The molecule has 0 fully saturated rings. The van der Waals surface area contributed by atoms with Gasteiger partial charge in [0.05, 0.1) is 5.69 Å². The highest BCUT2D eigenvalue weighted by molar-refractivity contribution is 6.05. The predicted octanol–water partition coefficient (Wildman–Crippen LogP) is 4.55. The molecule has 0 spiro atoms. The predicted molar refractivity (Wildman–Crippen MR) is 120 cm³/mol. The number of carbonyl (C=O) groups excluding carboxylic acids is 2. The van der Waals surface area contributed by atoms with E-state index in [1.54, 1.807) is 11.5 Å². The molecule has 8 nitrogen and oxygen atoms in total. The Morgan fingerprint density at radius 3 is 2.57 bits per heavy atom. The van der Waals surface area contributed by atoms with E-state index in [1.807, 2.05) is 13.8 Å². The van der Waals surface area contributed by atoms with Gasteiger partial charge in [-0.1, -0.05) is 26.8 Å². The van der Waals surface area contributed by atoms with Crippen molar-refractivity contribution in [3.63, 3.8) is 0 Å². The van der Waals surface area contributed by atoms with Crippen LogP contribution in [0.3, 0.4) is 0 Å². The molecule has 0 bridgehead atoms. The van der Waals surface area contributed by atoms with Gasteiger partial charge in [-0.2, -0.15) is 4.98 Å². The van der Waals surface area contributed by atoms with E-state index in [-0.39, 0.29) is 48.9 Å². The van der Waals surface area contributed by atoms with Crippen LogP contribution >= 0.6 is 0 Å². The minimum atomic E-state index is -4.85. The van der Waals surface area contributed by atoms with Crippen LogP contribution in [0.5, 0.6) is 17.5 Å². The van der Waals surface area contributed by atoms with Crippen LogP contribution in [-0.2, 0) is 17.8 Å². The first-order valence-electron chi connectivity index (χ1n) is 11.6. The van der Waals surface area contributed by atoms with Gasteiger partial charge in [0, 0.05) is 31.7 Å². The fourth-order valence-electron chi connectivity index (χ4n) is 3.82. The van der Waals surface area contributed by atoms with Crippen molar-refractivity contribution in [2.75, 3.05) is 13.2 Å². The first-order valence-corrected chi connectivity index (χ1v) is 11.6. The molecule has 0 saturated carbocycles. The second-order valence-electron chi connectivity index (χ2n) is 8.96. The van der Waals surface area contributed by atoms with Crippen molar-refractivity contribution < 1.29 is 37.3 Å². The molecule has 1 unspecified atom stereocenters. The summed E-state index contributed by atoms with van der Waals surface area (Å²) in [4.78, 5) is 32.1. The first kappa shape index (κ1) is 26.5. The van der Waals surface area contributed by atoms with Gasteiger partial charge in [0.2, 0.25) is 5.91 Å². The number of ether oxygens (including phenoxy) is 2. The van der Waals surface area contributed by atoms with Crippen LogP contribution in [0.2, 0.25) is 0 Å². The molecular formula is C24H30F3N3O5. The number of imidazole rings is 1. The molecule has 0 radical (unpaired) electrons. The molecule has 1 atom stereocenters. The summed E-state index contributed by atoms with van der Waals surface area (Å²) in [7, 11) is 0. The molecule has 0 aliphatic carbocycles. The Hall–Kier alpha value is -3.08. The number of aliphatic hydroxyl groups is 1. The highest BCUT2D eigenvalue weighted by Gasteiger charge is 2.35. The minimum Gasteiger partial charge on any atom is -0.425 e. The lowest BCUT2D eigenvalue weighted by Crippen LogP contribution is -2.43. The molecule has 11 heteroatoms. The number of fused-ring (bicyclic) bond motifs is 1. The van der Waals surface area contributed by atoms with Gasteiger partial charge >= 0.3 is 12.4 Å². The number of aryl methyl sites for hydroxylation is 1. The third kappa shape index (κ3) is 6.74. The topological polar surface area (TPSA) is 93.9 Å². The molecule has 1 aromatic heterocycles. The Labute approximate surface area is 201 Å². The number of nitrogens with zero attached hydrogens (tertiary/aromatic N) is 3.